The van der Waals surface area contributed by atoms with Crippen LogP contribution in [0.5, 0.6) is 5.75 Å². The Morgan fingerprint density at radius 1 is 1.35 bits per heavy atom. The van der Waals surface area contributed by atoms with Crippen molar-refractivity contribution in [3.8, 4) is 5.75 Å². The van der Waals surface area contributed by atoms with E-state index in [0.29, 0.717) is 11.1 Å². The fraction of sp³-hybridized carbons (Fsp3) is 0.267. The minimum atomic E-state index is -4.77. The summed E-state index contributed by atoms with van der Waals surface area (Å²) in [7, 11) is 0. The van der Waals surface area contributed by atoms with Gasteiger partial charge in [-0.15, -0.1) is 13.2 Å². The van der Waals surface area contributed by atoms with Crippen molar-refractivity contribution in [1.82, 2.24) is 5.32 Å². The molecule has 0 radical (unpaired) electrons. The van der Waals surface area contributed by atoms with Crippen LogP contribution < -0.4 is 10.1 Å². The number of rotatable bonds is 6. The number of carbonyl (C=O) groups excluding carboxylic acids is 1. The summed E-state index contributed by atoms with van der Waals surface area (Å²) < 4.78 is 40.3. The van der Waals surface area contributed by atoms with Crippen molar-refractivity contribution in [2.45, 2.75) is 18.9 Å². The molecule has 2 rings (SSSR count). The highest BCUT2D eigenvalue weighted by Crippen LogP contribution is 2.23. The molecule has 1 amide bonds. The van der Waals surface area contributed by atoms with Gasteiger partial charge in [0.25, 0.3) is 0 Å². The topological polar surface area (TPSA) is 58.6 Å². The van der Waals surface area contributed by atoms with Crippen molar-refractivity contribution in [2.24, 2.45) is 0 Å². The molecule has 2 N–H and O–H groups in total. The van der Waals surface area contributed by atoms with Crippen LogP contribution in [0.4, 0.5) is 13.2 Å². The standard InChI is InChI=1S/C15H14F3NO3S/c16-15(17,18)22-12-3-1-2-10(6-12)7-14(21)19-8-13(20)11-4-5-23-9-11/h1-6,9,13,20H,7-8H2,(H,19,21). The van der Waals surface area contributed by atoms with Gasteiger partial charge in [0.15, 0.2) is 0 Å². The lowest BCUT2D eigenvalue weighted by Crippen LogP contribution is -2.29. The van der Waals surface area contributed by atoms with Gasteiger partial charge in [-0.2, -0.15) is 11.3 Å². The Labute approximate surface area is 134 Å². The van der Waals surface area contributed by atoms with Crippen LogP contribution in [0.3, 0.4) is 0 Å². The maximum absolute atomic E-state index is 12.2. The molecule has 1 aromatic heterocycles. The van der Waals surface area contributed by atoms with Crippen LogP contribution in [0.2, 0.25) is 0 Å². The Morgan fingerprint density at radius 2 is 2.13 bits per heavy atom. The number of amides is 1. The summed E-state index contributed by atoms with van der Waals surface area (Å²) in [5.74, 6) is -0.774. The van der Waals surface area contributed by atoms with E-state index in [0.717, 1.165) is 12.1 Å². The summed E-state index contributed by atoms with van der Waals surface area (Å²) in [6.07, 6.45) is -5.69. The smallest absolute Gasteiger partial charge is 0.406 e. The number of carbonyl (C=O) groups is 1. The van der Waals surface area contributed by atoms with E-state index in [1.807, 2.05) is 5.38 Å². The lowest BCUT2D eigenvalue weighted by molar-refractivity contribution is -0.274. The monoisotopic (exact) mass is 345 g/mol. The number of hydrogen-bond acceptors (Lipinski definition) is 4. The molecule has 0 aliphatic carbocycles. The number of halogens is 3. The molecular weight excluding hydrogens is 331 g/mol. The van der Waals surface area contributed by atoms with E-state index in [1.54, 1.807) is 11.4 Å². The number of aliphatic hydroxyl groups is 1. The first-order valence-electron chi connectivity index (χ1n) is 6.65. The van der Waals surface area contributed by atoms with E-state index in [4.69, 9.17) is 0 Å². The zero-order valence-corrected chi connectivity index (χ0v) is 12.7. The van der Waals surface area contributed by atoms with Crippen LogP contribution in [0.1, 0.15) is 17.2 Å². The number of benzene rings is 1. The maximum atomic E-state index is 12.2. The predicted molar refractivity (Wildman–Crippen MR) is 79.1 cm³/mol. The molecule has 0 spiro atoms. The van der Waals surface area contributed by atoms with Gasteiger partial charge in [-0.3, -0.25) is 4.79 Å². The van der Waals surface area contributed by atoms with E-state index in [9.17, 15) is 23.1 Å². The Balaban J connectivity index is 1.86. The van der Waals surface area contributed by atoms with Crippen molar-refractivity contribution >= 4 is 17.2 Å². The van der Waals surface area contributed by atoms with E-state index < -0.39 is 18.4 Å². The molecule has 0 aliphatic heterocycles. The summed E-state index contributed by atoms with van der Waals surface area (Å²) in [5, 5.41) is 16.0. The normalized spacial score (nSPS) is 12.7. The molecule has 0 saturated heterocycles. The number of ether oxygens (including phenoxy) is 1. The lowest BCUT2D eigenvalue weighted by Gasteiger charge is -2.12. The van der Waals surface area contributed by atoms with Crippen molar-refractivity contribution in [1.29, 1.82) is 0 Å². The molecule has 0 aliphatic rings. The number of thiophene rings is 1. The molecule has 0 fully saturated rings. The van der Waals surface area contributed by atoms with E-state index in [2.05, 4.69) is 10.1 Å². The summed E-state index contributed by atoms with van der Waals surface area (Å²) in [6, 6.07) is 6.97. The highest BCUT2D eigenvalue weighted by Gasteiger charge is 2.31. The highest BCUT2D eigenvalue weighted by atomic mass is 32.1. The van der Waals surface area contributed by atoms with Gasteiger partial charge in [-0.1, -0.05) is 12.1 Å². The zero-order valence-electron chi connectivity index (χ0n) is 11.8. The first kappa shape index (κ1) is 17.3. The third-order valence-corrected chi connectivity index (χ3v) is 3.62. The number of aliphatic hydroxyl groups excluding tert-OH is 1. The second-order valence-electron chi connectivity index (χ2n) is 4.75. The molecule has 8 heteroatoms. The predicted octanol–water partition coefficient (Wildman–Crippen LogP) is 3.04. The Morgan fingerprint density at radius 3 is 2.78 bits per heavy atom. The van der Waals surface area contributed by atoms with Crippen LogP contribution in [0.15, 0.2) is 41.1 Å². The van der Waals surface area contributed by atoms with Crippen LogP contribution in [-0.4, -0.2) is 23.9 Å². The molecule has 23 heavy (non-hydrogen) atoms. The molecule has 1 atom stereocenters. The molecule has 124 valence electrons. The third-order valence-electron chi connectivity index (χ3n) is 2.92. The first-order chi connectivity index (χ1) is 10.8. The largest absolute Gasteiger partial charge is 0.573 e. The molecule has 4 nitrogen and oxygen atoms in total. The van der Waals surface area contributed by atoms with Gasteiger partial charge in [0.1, 0.15) is 5.75 Å². The lowest BCUT2D eigenvalue weighted by atomic mass is 10.1. The van der Waals surface area contributed by atoms with Gasteiger partial charge in [-0.05, 0) is 40.1 Å². The Kier molecular flexibility index (Phi) is 5.62. The van der Waals surface area contributed by atoms with Gasteiger partial charge in [-0.25, -0.2) is 0 Å². The van der Waals surface area contributed by atoms with Crippen LogP contribution in [0.25, 0.3) is 0 Å². The number of nitrogens with one attached hydrogen (secondary N) is 1. The molecule has 0 bridgehead atoms. The van der Waals surface area contributed by atoms with Crippen LogP contribution in [0, 0.1) is 0 Å². The van der Waals surface area contributed by atoms with Crippen molar-refractivity contribution in [3.63, 3.8) is 0 Å². The number of hydrogen-bond donors (Lipinski definition) is 2. The van der Waals surface area contributed by atoms with Crippen molar-refractivity contribution in [2.75, 3.05) is 6.54 Å². The van der Waals surface area contributed by atoms with Gasteiger partial charge >= 0.3 is 6.36 Å². The highest BCUT2D eigenvalue weighted by molar-refractivity contribution is 7.07. The summed E-state index contributed by atoms with van der Waals surface area (Å²) in [5.41, 5.74) is 1.09. The molecule has 1 unspecified atom stereocenters. The summed E-state index contributed by atoms with van der Waals surface area (Å²) in [6.45, 7) is 0.0360. The Bertz CT molecular complexity index is 644. The summed E-state index contributed by atoms with van der Waals surface area (Å²) in [4.78, 5) is 11.8. The minimum absolute atomic E-state index is 0.0360. The third kappa shape index (κ3) is 5.91. The molecular formula is C15H14F3NO3S. The van der Waals surface area contributed by atoms with E-state index in [1.165, 1.54) is 23.5 Å². The van der Waals surface area contributed by atoms with Crippen LogP contribution >= 0.6 is 11.3 Å². The SMILES string of the molecule is O=C(Cc1cccc(OC(F)(F)F)c1)NCC(O)c1ccsc1. The van der Waals surface area contributed by atoms with Crippen LogP contribution in [-0.2, 0) is 11.2 Å². The fourth-order valence-corrected chi connectivity index (χ4v) is 2.60. The minimum Gasteiger partial charge on any atom is -0.406 e. The molecule has 0 saturated carbocycles. The van der Waals surface area contributed by atoms with Crippen molar-refractivity contribution in [3.05, 3.63) is 52.2 Å². The Hall–Kier alpha value is -2.06. The van der Waals surface area contributed by atoms with Gasteiger partial charge < -0.3 is 15.2 Å². The average Bonchev–Trinajstić information content (AvgIpc) is 2.97. The fourth-order valence-electron chi connectivity index (χ4n) is 1.89. The average molecular weight is 345 g/mol. The first-order valence-corrected chi connectivity index (χ1v) is 7.59. The van der Waals surface area contributed by atoms with Gasteiger partial charge in [0, 0.05) is 6.54 Å². The quantitative estimate of drug-likeness (QED) is 0.846. The molecule has 2 aromatic rings. The van der Waals surface area contributed by atoms with E-state index >= 15 is 0 Å². The molecule has 1 aromatic carbocycles. The second kappa shape index (κ2) is 7.47. The zero-order chi connectivity index (χ0) is 16.9. The number of alkyl halides is 3. The van der Waals surface area contributed by atoms with Gasteiger partial charge in [0.05, 0.1) is 12.5 Å². The van der Waals surface area contributed by atoms with Gasteiger partial charge in [0.2, 0.25) is 5.91 Å². The maximum Gasteiger partial charge on any atom is 0.573 e. The van der Waals surface area contributed by atoms with E-state index in [-0.39, 0.29) is 18.7 Å². The van der Waals surface area contributed by atoms with Crippen molar-refractivity contribution < 1.29 is 27.8 Å². The molecule has 1 heterocycles. The second-order valence-corrected chi connectivity index (χ2v) is 5.53. The summed E-state index contributed by atoms with van der Waals surface area (Å²) >= 11 is 1.43.